The van der Waals surface area contributed by atoms with Crippen molar-refractivity contribution >= 4 is 27.5 Å². The molecule has 1 N–H and O–H groups in total. The highest BCUT2D eigenvalue weighted by molar-refractivity contribution is 7.18. The number of carboxylic acid groups (broad SMARTS) is 1. The molecule has 1 aromatic heterocycles. The predicted octanol–water partition coefficient (Wildman–Crippen LogP) is 4.98. The van der Waals surface area contributed by atoms with Crippen molar-refractivity contribution in [3.63, 3.8) is 0 Å². The first-order chi connectivity index (χ1) is 15.1. The molecule has 2 aromatic carbocycles. The van der Waals surface area contributed by atoms with Crippen LogP contribution in [-0.2, 0) is 4.79 Å². The van der Waals surface area contributed by atoms with Gasteiger partial charge in [-0.25, -0.2) is 4.98 Å². The van der Waals surface area contributed by atoms with Crippen molar-refractivity contribution in [1.29, 1.82) is 0 Å². The Morgan fingerprint density at radius 2 is 1.97 bits per heavy atom. The average Bonchev–Trinajstić information content (AvgIpc) is 3.20. The van der Waals surface area contributed by atoms with Gasteiger partial charge < -0.3 is 14.6 Å². The Bertz CT molecular complexity index is 1020. The molecule has 0 radical (unpaired) electrons. The molecule has 2 unspecified atom stereocenters. The Morgan fingerprint density at radius 1 is 1.19 bits per heavy atom. The number of piperidine rings is 1. The van der Waals surface area contributed by atoms with Crippen molar-refractivity contribution in [2.24, 2.45) is 5.92 Å². The van der Waals surface area contributed by atoms with Crippen molar-refractivity contribution in [1.82, 2.24) is 9.88 Å². The maximum Gasteiger partial charge on any atom is 0.307 e. The van der Waals surface area contributed by atoms with E-state index in [1.165, 1.54) is 0 Å². The van der Waals surface area contributed by atoms with Crippen LogP contribution in [0.25, 0.3) is 10.2 Å². The zero-order chi connectivity index (χ0) is 21.8. The number of ether oxygens (including phenoxy) is 2. The SMILES string of the molecule is CCOc1ccc(C(c2nc3ccccc3s2)N2CCCC(C(=O)O)C2)cc1OCC. The number of hydrogen-bond donors (Lipinski definition) is 1. The van der Waals surface area contributed by atoms with Gasteiger partial charge in [-0.05, 0) is 63.1 Å². The van der Waals surface area contributed by atoms with Gasteiger partial charge in [0.2, 0.25) is 0 Å². The molecule has 2 heterocycles. The summed E-state index contributed by atoms with van der Waals surface area (Å²) in [6.45, 7) is 6.35. The molecular formula is C24H28N2O4S. The van der Waals surface area contributed by atoms with Gasteiger partial charge in [0.05, 0.1) is 35.4 Å². The van der Waals surface area contributed by atoms with Crippen LogP contribution in [-0.4, -0.2) is 47.3 Å². The van der Waals surface area contributed by atoms with E-state index in [9.17, 15) is 9.90 Å². The van der Waals surface area contributed by atoms with Crippen LogP contribution in [0.1, 0.15) is 43.3 Å². The van der Waals surface area contributed by atoms with E-state index in [0.717, 1.165) is 39.5 Å². The quantitative estimate of drug-likeness (QED) is 0.533. The molecule has 31 heavy (non-hydrogen) atoms. The van der Waals surface area contributed by atoms with Crippen molar-refractivity contribution in [2.45, 2.75) is 32.7 Å². The molecule has 4 rings (SSSR count). The average molecular weight is 441 g/mol. The van der Waals surface area contributed by atoms with Gasteiger partial charge >= 0.3 is 5.97 Å². The van der Waals surface area contributed by atoms with Gasteiger partial charge in [0.25, 0.3) is 0 Å². The van der Waals surface area contributed by atoms with Crippen LogP contribution < -0.4 is 9.47 Å². The molecule has 0 spiro atoms. The molecule has 0 saturated carbocycles. The van der Waals surface area contributed by atoms with Gasteiger partial charge in [-0.1, -0.05) is 18.2 Å². The number of aliphatic carboxylic acids is 1. The summed E-state index contributed by atoms with van der Waals surface area (Å²) < 4.78 is 12.7. The zero-order valence-corrected chi connectivity index (χ0v) is 18.7. The lowest BCUT2D eigenvalue weighted by Gasteiger charge is -2.36. The number of aromatic nitrogens is 1. The molecule has 2 atom stereocenters. The van der Waals surface area contributed by atoms with Crippen LogP contribution in [0.3, 0.4) is 0 Å². The van der Waals surface area contributed by atoms with Gasteiger partial charge in [-0.3, -0.25) is 9.69 Å². The first-order valence-corrected chi connectivity index (χ1v) is 11.6. The van der Waals surface area contributed by atoms with Crippen molar-refractivity contribution in [2.75, 3.05) is 26.3 Å². The zero-order valence-electron chi connectivity index (χ0n) is 17.9. The number of thiazole rings is 1. The largest absolute Gasteiger partial charge is 0.490 e. The highest BCUT2D eigenvalue weighted by Gasteiger charge is 2.33. The lowest BCUT2D eigenvalue weighted by molar-refractivity contribution is -0.143. The third-order valence-corrected chi connectivity index (χ3v) is 6.68. The Kier molecular flexibility index (Phi) is 6.73. The molecule has 7 heteroatoms. The third-order valence-electron chi connectivity index (χ3n) is 5.59. The Balaban J connectivity index is 1.78. The van der Waals surface area contributed by atoms with E-state index in [2.05, 4.69) is 17.0 Å². The van der Waals surface area contributed by atoms with Gasteiger partial charge in [-0.2, -0.15) is 0 Å². The normalized spacial score (nSPS) is 18.1. The van der Waals surface area contributed by atoms with Crippen LogP contribution in [0.5, 0.6) is 11.5 Å². The lowest BCUT2D eigenvalue weighted by atomic mass is 9.95. The van der Waals surface area contributed by atoms with E-state index in [4.69, 9.17) is 14.5 Å². The Labute approximate surface area is 186 Å². The van der Waals surface area contributed by atoms with E-state index >= 15 is 0 Å². The molecule has 164 valence electrons. The fourth-order valence-corrected chi connectivity index (χ4v) is 5.33. The Hall–Kier alpha value is -2.64. The van der Waals surface area contributed by atoms with Crippen molar-refractivity contribution in [3.05, 3.63) is 53.0 Å². The summed E-state index contributed by atoms with van der Waals surface area (Å²) in [5, 5.41) is 10.6. The number of carbonyl (C=O) groups is 1. The minimum absolute atomic E-state index is 0.130. The molecule has 0 bridgehead atoms. The maximum atomic E-state index is 11.7. The standard InChI is InChI=1S/C24H28N2O4S/c1-3-29-19-12-11-16(14-20(19)30-4-2)22(26-13-7-8-17(15-26)24(27)28)23-25-18-9-5-6-10-21(18)31-23/h5-6,9-12,14,17,22H,3-4,7-8,13,15H2,1-2H3,(H,27,28). The van der Waals surface area contributed by atoms with Gasteiger partial charge in [0.1, 0.15) is 5.01 Å². The van der Waals surface area contributed by atoms with E-state index in [1.807, 2.05) is 44.2 Å². The summed E-state index contributed by atoms with van der Waals surface area (Å²) in [6.07, 6.45) is 1.57. The molecular weight excluding hydrogens is 412 g/mol. The van der Waals surface area contributed by atoms with Crippen LogP contribution >= 0.6 is 11.3 Å². The summed E-state index contributed by atoms with van der Waals surface area (Å²) >= 11 is 1.66. The number of nitrogens with zero attached hydrogens (tertiary/aromatic N) is 2. The van der Waals surface area contributed by atoms with Gasteiger partial charge in [0.15, 0.2) is 11.5 Å². The van der Waals surface area contributed by atoms with Crippen molar-refractivity contribution < 1.29 is 19.4 Å². The third kappa shape index (κ3) is 4.67. The molecule has 1 aliphatic heterocycles. The number of likely N-dealkylation sites (tertiary alicyclic amines) is 1. The van der Waals surface area contributed by atoms with E-state index in [-0.39, 0.29) is 12.0 Å². The van der Waals surface area contributed by atoms with Crippen LogP contribution in [0.15, 0.2) is 42.5 Å². The summed E-state index contributed by atoms with van der Waals surface area (Å²) in [5.74, 6) is 0.340. The number of rotatable bonds is 8. The first kappa shape index (κ1) is 21.6. The number of para-hydroxylation sites is 1. The number of fused-ring (bicyclic) bond motifs is 1. The summed E-state index contributed by atoms with van der Waals surface area (Å²) in [7, 11) is 0. The molecule has 1 saturated heterocycles. The minimum Gasteiger partial charge on any atom is -0.490 e. The van der Waals surface area contributed by atoms with Gasteiger partial charge in [-0.15, -0.1) is 11.3 Å². The lowest BCUT2D eigenvalue weighted by Crippen LogP contribution is -2.41. The highest BCUT2D eigenvalue weighted by atomic mass is 32.1. The van der Waals surface area contributed by atoms with E-state index in [1.54, 1.807) is 11.3 Å². The smallest absolute Gasteiger partial charge is 0.307 e. The molecule has 0 aliphatic carbocycles. The molecule has 0 amide bonds. The molecule has 6 nitrogen and oxygen atoms in total. The molecule has 1 fully saturated rings. The van der Waals surface area contributed by atoms with E-state index in [0.29, 0.717) is 31.9 Å². The number of benzene rings is 2. The number of carboxylic acids is 1. The summed E-state index contributed by atoms with van der Waals surface area (Å²) in [4.78, 5) is 18.9. The van der Waals surface area contributed by atoms with Crippen molar-refractivity contribution in [3.8, 4) is 11.5 Å². The molecule has 1 aliphatic rings. The second kappa shape index (κ2) is 9.66. The van der Waals surface area contributed by atoms with Gasteiger partial charge in [0, 0.05) is 6.54 Å². The minimum atomic E-state index is -0.727. The maximum absolute atomic E-state index is 11.7. The van der Waals surface area contributed by atoms with Crippen LogP contribution in [0.4, 0.5) is 0 Å². The topological polar surface area (TPSA) is 71.9 Å². The predicted molar refractivity (Wildman–Crippen MR) is 122 cm³/mol. The first-order valence-electron chi connectivity index (χ1n) is 10.8. The Morgan fingerprint density at radius 3 is 2.71 bits per heavy atom. The van der Waals surface area contributed by atoms with Crippen LogP contribution in [0.2, 0.25) is 0 Å². The summed E-state index contributed by atoms with van der Waals surface area (Å²) in [6, 6.07) is 14.0. The second-order valence-electron chi connectivity index (χ2n) is 7.67. The second-order valence-corrected chi connectivity index (χ2v) is 8.73. The highest BCUT2D eigenvalue weighted by Crippen LogP contribution is 2.39. The van der Waals surface area contributed by atoms with Crippen LogP contribution in [0, 0.1) is 5.92 Å². The van der Waals surface area contributed by atoms with E-state index < -0.39 is 5.97 Å². The molecule has 3 aromatic rings. The monoisotopic (exact) mass is 440 g/mol. The fraction of sp³-hybridized carbons (Fsp3) is 0.417. The number of hydrogen-bond acceptors (Lipinski definition) is 6. The summed E-state index contributed by atoms with van der Waals surface area (Å²) in [5.41, 5.74) is 2.01. The fourth-order valence-electron chi connectivity index (χ4n) is 4.20.